The third-order valence-corrected chi connectivity index (χ3v) is 3.58. The van der Waals surface area contributed by atoms with E-state index in [1.54, 1.807) is 7.11 Å². The topological polar surface area (TPSA) is 33.7 Å². The molecule has 1 N–H and O–H groups in total. The molecule has 2 aliphatic heterocycles. The minimum Gasteiger partial charge on any atom is -0.495 e. The van der Waals surface area contributed by atoms with Crippen molar-refractivity contribution in [1.29, 1.82) is 0 Å². The number of hydrogen-bond donors (Lipinski definition) is 1. The number of morpholine rings is 1. The zero-order valence-electron chi connectivity index (χ0n) is 10.1. The van der Waals surface area contributed by atoms with Crippen molar-refractivity contribution in [1.82, 2.24) is 4.90 Å². The van der Waals surface area contributed by atoms with Gasteiger partial charge in [-0.25, -0.2) is 0 Å². The Bertz CT molecular complexity index is 402. The van der Waals surface area contributed by atoms with Gasteiger partial charge in [0.05, 0.1) is 32.1 Å². The first-order valence-corrected chi connectivity index (χ1v) is 6.12. The van der Waals surface area contributed by atoms with Crippen LogP contribution in [0.15, 0.2) is 18.2 Å². The first-order chi connectivity index (χ1) is 8.38. The summed E-state index contributed by atoms with van der Waals surface area (Å²) in [4.78, 5) is 2.49. The van der Waals surface area contributed by atoms with Crippen LogP contribution in [0.3, 0.4) is 0 Å². The number of benzene rings is 1. The molecule has 0 amide bonds. The van der Waals surface area contributed by atoms with Crippen molar-refractivity contribution in [3.8, 4) is 5.75 Å². The summed E-state index contributed by atoms with van der Waals surface area (Å²) in [6, 6.07) is 6.88. The largest absolute Gasteiger partial charge is 0.495 e. The van der Waals surface area contributed by atoms with Crippen molar-refractivity contribution in [3.05, 3.63) is 23.8 Å². The third-order valence-electron chi connectivity index (χ3n) is 3.58. The van der Waals surface area contributed by atoms with Gasteiger partial charge in [-0.15, -0.1) is 0 Å². The van der Waals surface area contributed by atoms with E-state index >= 15 is 0 Å². The van der Waals surface area contributed by atoms with Crippen molar-refractivity contribution in [3.63, 3.8) is 0 Å². The van der Waals surface area contributed by atoms with Gasteiger partial charge in [-0.05, 0) is 17.7 Å². The molecule has 0 aliphatic carbocycles. The fourth-order valence-corrected chi connectivity index (χ4v) is 2.62. The second-order valence-corrected chi connectivity index (χ2v) is 4.50. The number of methoxy groups -OCH3 is 1. The van der Waals surface area contributed by atoms with Crippen molar-refractivity contribution in [2.45, 2.75) is 6.04 Å². The van der Waals surface area contributed by atoms with E-state index in [-0.39, 0.29) is 0 Å². The fraction of sp³-hybridized carbons (Fsp3) is 0.538. The average molecular weight is 234 g/mol. The third kappa shape index (κ3) is 1.98. The predicted molar refractivity (Wildman–Crippen MR) is 66.6 cm³/mol. The molecule has 1 unspecified atom stereocenters. The monoisotopic (exact) mass is 234 g/mol. The van der Waals surface area contributed by atoms with Gasteiger partial charge in [0.15, 0.2) is 0 Å². The smallest absolute Gasteiger partial charge is 0.141 e. The van der Waals surface area contributed by atoms with Gasteiger partial charge >= 0.3 is 0 Å². The lowest BCUT2D eigenvalue weighted by Crippen LogP contribution is -2.42. The summed E-state index contributed by atoms with van der Waals surface area (Å²) in [6.45, 7) is 4.69. The lowest BCUT2D eigenvalue weighted by Gasteiger charge is -2.37. The maximum Gasteiger partial charge on any atom is 0.141 e. The van der Waals surface area contributed by atoms with Crippen LogP contribution in [0, 0.1) is 0 Å². The molecular weight excluding hydrogens is 216 g/mol. The number of ether oxygens (including phenoxy) is 2. The van der Waals surface area contributed by atoms with Crippen molar-refractivity contribution in [2.24, 2.45) is 0 Å². The van der Waals surface area contributed by atoms with Gasteiger partial charge in [0.1, 0.15) is 5.75 Å². The molecule has 2 bridgehead atoms. The highest BCUT2D eigenvalue weighted by Crippen LogP contribution is 2.34. The Kier molecular flexibility index (Phi) is 2.91. The molecule has 1 saturated heterocycles. The second kappa shape index (κ2) is 4.55. The Morgan fingerprint density at radius 3 is 2.94 bits per heavy atom. The first kappa shape index (κ1) is 10.9. The Hall–Kier alpha value is -1.26. The highest BCUT2D eigenvalue weighted by molar-refractivity contribution is 5.60. The number of rotatable bonds is 2. The Balaban J connectivity index is 1.83. The van der Waals surface area contributed by atoms with E-state index in [1.165, 1.54) is 5.56 Å². The molecule has 0 aromatic heterocycles. The Labute approximate surface area is 102 Å². The van der Waals surface area contributed by atoms with E-state index in [1.807, 2.05) is 6.07 Å². The zero-order valence-corrected chi connectivity index (χ0v) is 10.1. The summed E-state index contributed by atoms with van der Waals surface area (Å²) in [7, 11) is 1.71. The van der Waals surface area contributed by atoms with Gasteiger partial charge in [-0.1, -0.05) is 6.07 Å². The Morgan fingerprint density at radius 1 is 1.35 bits per heavy atom. The summed E-state index contributed by atoms with van der Waals surface area (Å²) in [5.74, 6) is 0.925. The fourth-order valence-electron chi connectivity index (χ4n) is 2.62. The number of hydrogen-bond acceptors (Lipinski definition) is 4. The summed E-state index contributed by atoms with van der Waals surface area (Å²) < 4.78 is 10.7. The van der Waals surface area contributed by atoms with E-state index < -0.39 is 0 Å². The van der Waals surface area contributed by atoms with Gasteiger partial charge in [-0.2, -0.15) is 0 Å². The van der Waals surface area contributed by atoms with Crippen LogP contribution in [0.25, 0.3) is 0 Å². The summed E-state index contributed by atoms with van der Waals surface area (Å²) in [5, 5.41) is 3.44. The quantitative estimate of drug-likeness (QED) is 0.840. The highest BCUT2D eigenvalue weighted by Gasteiger charge is 2.26. The van der Waals surface area contributed by atoms with Crippen LogP contribution in [0.1, 0.15) is 11.6 Å². The van der Waals surface area contributed by atoms with Crippen LogP contribution in [0.5, 0.6) is 5.75 Å². The second-order valence-electron chi connectivity index (χ2n) is 4.50. The SMILES string of the molecule is COc1ccc2cc1NCC2N1CCOCC1. The van der Waals surface area contributed by atoms with Gasteiger partial charge in [-0.3, -0.25) is 4.90 Å². The number of fused-ring (bicyclic) bond motifs is 2. The van der Waals surface area contributed by atoms with Crippen LogP contribution >= 0.6 is 0 Å². The van der Waals surface area contributed by atoms with Crippen LogP contribution in [0.2, 0.25) is 0 Å². The number of anilines is 1. The standard InChI is InChI=1S/C13H18N2O2/c1-16-13-3-2-10-8-11(13)14-9-12(10)15-4-6-17-7-5-15/h2-3,8,12,14H,4-7,9H2,1H3. The van der Waals surface area contributed by atoms with Crippen molar-refractivity contribution >= 4 is 5.69 Å². The summed E-state index contributed by atoms with van der Waals surface area (Å²) in [6.07, 6.45) is 0. The van der Waals surface area contributed by atoms with E-state index in [0.29, 0.717) is 6.04 Å². The molecule has 1 aromatic rings. The molecule has 4 heteroatoms. The van der Waals surface area contributed by atoms with E-state index in [2.05, 4.69) is 22.3 Å². The maximum atomic E-state index is 5.40. The maximum absolute atomic E-state index is 5.40. The van der Waals surface area contributed by atoms with Crippen molar-refractivity contribution < 1.29 is 9.47 Å². The van der Waals surface area contributed by atoms with Gasteiger partial charge in [0, 0.05) is 19.6 Å². The molecule has 17 heavy (non-hydrogen) atoms. The van der Waals surface area contributed by atoms with Crippen LogP contribution in [-0.4, -0.2) is 44.9 Å². The van der Waals surface area contributed by atoms with E-state index in [9.17, 15) is 0 Å². The molecule has 0 saturated carbocycles. The lowest BCUT2D eigenvalue weighted by atomic mass is 10.00. The molecule has 2 heterocycles. The predicted octanol–water partition coefficient (Wildman–Crippen LogP) is 1.49. The molecule has 1 fully saturated rings. The molecule has 92 valence electrons. The summed E-state index contributed by atoms with van der Waals surface area (Å²) in [5.41, 5.74) is 2.48. The van der Waals surface area contributed by atoms with Gasteiger partial charge < -0.3 is 14.8 Å². The molecule has 0 spiro atoms. The first-order valence-electron chi connectivity index (χ1n) is 6.12. The molecule has 4 nitrogen and oxygen atoms in total. The van der Waals surface area contributed by atoms with Gasteiger partial charge in [0.25, 0.3) is 0 Å². The normalized spacial score (nSPS) is 24.2. The Morgan fingerprint density at radius 2 is 2.18 bits per heavy atom. The zero-order chi connectivity index (χ0) is 11.7. The molecule has 1 aromatic carbocycles. The molecular formula is C13H18N2O2. The van der Waals surface area contributed by atoms with E-state index in [0.717, 1.165) is 44.3 Å². The van der Waals surface area contributed by atoms with Crippen LogP contribution in [0.4, 0.5) is 5.69 Å². The minimum absolute atomic E-state index is 0.470. The molecule has 1 atom stereocenters. The minimum atomic E-state index is 0.470. The molecule has 0 radical (unpaired) electrons. The van der Waals surface area contributed by atoms with Gasteiger partial charge in [0.2, 0.25) is 0 Å². The molecule has 2 aliphatic rings. The highest BCUT2D eigenvalue weighted by atomic mass is 16.5. The number of nitrogens with one attached hydrogen (secondary N) is 1. The van der Waals surface area contributed by atoms with Crippen LogP contribution in [-0.2, 0) is 4.74 Å². The lowest BCUT2D eigenvalue weighted by molar-refractivity contribution is 0.0183. The number of nitrogens with zero attached hydrogens (tertiary/aromatic N) is 1. The van der Waals surface area contributed by atoms with Crippen molar-refractivity contribution in [2.75, 3.05) is 45.3 Å². The molecule has 3 rings (SSSR count). The average Bonchev–Trinajstić information content (AvgIpc) is 2.40. The summed E-state index contributed by atoms with van der Waals surface area (Å²) >= 11 is 0. The van der Waals surface area contributed by atoms with E-state index in [4.69, 9.17) is 9.47 Å². The van der Waals surface area contributed by atoms with Crippen LogP contribution < -0.4 is 10.1 Å².